The molecule has 0 aliphatic rings. The number of rotatable bonds is 6. The highest BCUT2D eigenvalue weighted by atomic mass is 35.5. The van der Waals surface area contributed by atoms with E-state index in [2.05, 4.69) is 17.8 Å². The van der Waals surface area contributed by atoms with Crippen LogP contribution in [-0.2, 0) is 16.0 Å². The predicted molar refractivity (Wildman–Crippen MR) is 98.1 cm³/mol. The number of carbonyl (C=O) groups is 2. The van der Waals surface area contributed by atoms with Crippen LogP contribution in [0.25, 0.3) is 6.08 Å². The van der Waals surface area contributed by atoms with Crippen molar-refractivity contribution in [3.05, 3.63) is 70.8 Å². The molecule has 0 spiro atoms. The third-order valence-corrected chi connectivity index (χ3v) is 3.69. The van der Waals surface area contributed by atoms with E-state index < -0.39 is 11.8 Å². The summed E-state index contributed by atoms with van der Waals surface area (Å²) in [4.78, 5) is 23.4. The zero-order valence-corrected chi connectivity index (χ0v) is 14.5. The van der Waals surface area contributed by atoms with Crippen molar-refractivity contribution in [2.45, 2.75) is 13.3 Å². The highest BCUT2D eigenvalue weighted by molar-refractivity contribution is 6.32. The van der Waals surface area contributed by atoms with Gasteiger partial charge in [-0.15, -0.1) is 0 Å². The Hall–Kier alpha value is -2.79. The van der Waals surface area contributed by atoms with E-state index in [0.717, 1.165) is 6.42 Å². The number of amides is 2. The van der Waals surface area contributed by atoms with Gasteiger partial charge in [-0.25, -0.2) is 0 Å². The summed E-state index contributed by atoms with van der Waals surface area (Å²) in [6, 6.07) is 14.6. The monoisotopic (exact) mass is 358 g/mol. The van der Waals surface area contributed by atoms with E-state index >= 15 is 0 Å². The van der Waals surface area contributed by atoms with E-state index in [1.54, 1.807) is 36.4 Å². The van der Waals surface area contributed by atoms with Crippen LogP contribution in [-0.4, -0.2) is 18.4 Å². The molecular weight excluding hydrogens is 340 g/mol. The summed E-state index contributed by atoms with van der Waals surface area (Å²) in [6.07, 6.45) is 3.79. The van der Waals surface area contributed by atoms with E-state index in [1.807, 2.05) is 18.2 Å². The van der Waals surface area contributed by atoms with E-state index in [4.69, 9.17) is 16.3 Å². The number of carbonyl (C=O) groups excluding carboxylic acids is 2. The van der Waals surface area contributed by atoms with Crippen LogP contribution >= 0.6 is 11.6 Å². The maximum absolute atomic E-state index is 11.7. The minimum Gasteiger partial charge on any atom is -0.484 e. The number of hydrogen-bond donors (Lipinski definition) is 2. The molecule has 2 aromatic carbocycles. The van der Waals surface area contributed by atoms with Gasteiger partial charge in [0.25, 0.3) is 11.8 Å². The molecule has 0 bridgehead atoms. The average Bonchev–Trinajstić information content (AvgIpc) is 2.64. The van der Waals surface area contributed by atoms with Crippen LogP contribution in [0, 0.1) is 0 Å². The van der Waals surface area contributed by atoms with Crippen molar-refractivity contribution in [2.75, 3.05) is 6.61 Å². The summed E-state index contributed by atoms with van der Waals surface area (Å²) in [5.41, 5.74) is 6.46. The van der Waals surface area contributed by atoms with Gasteiger partial charge in [-0.1, -0.05) is 48.9 Å². The fraction of sp³-hybridized carbons (Fsp3) is 0.158. The predicted octanol–water partition coefficient (Wildman–Crippen LogP) is 3.14. The number of benzene rings is 2. The third-order valence-electron chi connectivity index (χ3n) is 3.35. The first-order valence-corrected chi connectivity index (χ1v) is 8.19. The normalized spacial score (nSPS) is 10.5. The summed E-state index contributed by atoms with van der Waals surface area (Å²) < 4.78 is 5.35. The zero-order valence-electron chi connectivity index (χ0n) is 13.8. The minimum absolute atomic E-state index is 0.194. The Morgan fingerprint density at radius 3 is 2.48 bits per heavy atom. The molecule has 0 fully saturated rings. The van der Waals surface area contributed by atoms with Gasteiger partial charge in [-0.05, 0) is 41.8 Å². The lowest BCUT2D eigenvalue weighted by Crippen LogP contribution is -2.43. The molecule has 6 heteroatoms. The highest BCUT2D eigenvalue weighted by Gasteiger charge is 2.04. The molecule has 5 nitrogen and oxygen atoms in total. The number of halogens is 1. The summed E-state index contributed by atoms with van der Waals surface area (Å²) in [5.74, 6) is -0.336. The van der Waals surface area contributed by atoms with Crippen molar-refractivity contribution >= 4 is 29.5 Å². The van der Waals surface area contributed by atoms with Gasteiger partial charge in [0.05, 0.1) is 0 Å². The molecule has 0 atom stereocenters. The highest BCUT2D eigenvalue weighted by Crippen LogP contribution is 2.16. The lowest BCUT2D eigenvalue weighted by atomic mass is 10.2. The SMILES string of the molecule is CCc1ccc(OCC(=O)NNC(=O)C=Cc2ccccc2Cl)cc1. The summed E-state index contributed by atoms with van der Waals surface area (Å²) >= 11 is 5.98. The average molecular weight is 359 g/mol. The Morgan fingerprint density at radius 2 is 1.80 bits per heavy atom. The molecule has 0 aliphatic carbocycles. The fourth-order valence-electron chi connectivity index (χ4n) is 1.96. The minimum atomic E-state index is -0.472. The van der Waals surface area contributed by atoms with Crippen molar-refractivity contribution < 1.29 is 14.3 Å². The topological polar surface area (TPSA) is 67.4 Å². The van der Waals surface area contributed by atoms with Gasteiger partial charge in [0.15, 0.2) is 6.61 Å². The van der Waals surface area contributed by atoms with E-state index in [1.165, 1.54) is 11.6 Å². The maximum Gasteiger partial charge on any atom is 0.276 e. The van der Waals surface area contributed by atoms with Gasteiger partial charge in [0.1, 0.15) is 5.75 Å². The summed E-state index contributed by atoms with van der Waals surface area (Å²) in [5, 5.41) is 0.540. The quantitative estimate of drug-likeness (QED) is 0.615. The number of hydrazine groups is 1. The van der Waals surface area contributed by atoms with E-state index in [-0.39, 0.29) is 6.61 Å². The number of hydrogen-bond acceptors (Lipinski definition) is 3. The van der Waals surface area contributed by atoms with Crippen LogP contribution in [0.5, 0.6) is 5.75 Å². The fourth-order valence-corrected chi connectivity index (χ4v) is 2.15. The van der Waals surface area contributed by atoms with E-state index in [9.17, 15) is 9.59 Å². The van der Waals surface area contributed by atoms with E-state index in [0.29, 0.717) is 16.3 Å². The Balaban J connectivity index is 1.73. The lowest BCUT2D eigenvalue weighted by Gasteiger charge is -2.08. The number of aryl methyl sites for hydroxylation is 1. The Kier molecular flexibility index (Phi) is 7.04. The van der Waals surface area contributed by atoms with Gasteiger partial charge in [0.2, 0.25) is 0 Å². The second-order valence-electron chi connectivity index (χ2n) is 5.18. The van der Waals surface area contributed by atoms with Crippen molar-refractivity contribution in [1.29, 1.82) is 0 Å². The molecule has 2 amide bonds. The maximum atomic E-state index is 11.7. The number of nitrogens with one attached hydrogen (secondary N) is 2. The van der Waals surface area contributed by atoms with Crippen LogP contribution < -0.4 is 15.6 Å². The van der Waals surface area contributed by atoms with Gasteiger partial charge in [-0.2, -0.15) is 0 Å². The first-order valence-electron chi connectivity index (χ1n) is 7.81. The van der Waals surface area contributed by atoms with Gasteiger partial charge < -0.3 is 4.74 Å². The van der Waals surface area contributed by atoms with Crippen LogP contribution in [0.4, 0.5) is 0 Å². The molecule has 0 aromatic heterocycles. The largest absolute Gasteiger partial charge is 0.484 e. The summed E-state index contributed by atoms with van der Waals surface area (Å²) in [7, 11) is 0. The van der Waals surface area contributed by atoms with Crippen molar-refractivity contribution in [2.24, 2.45) is 0 Å². The molecule has 0 aliphatic heterocycles. The molecular formula is C19H19ClN2O3. The standard InChI is InChI=1S/C19H19ClN2O3/c1-2-14-7-10-16(11-8-14)25-13-19(24)22-21-18(23)12-9-15-5-3-4-6-17(15)20/h3-12H,2,13H2,1H3,(H,21,23)(H,22,24). The van der Waals surface area contributed by atoms with Gasteiger partial charge >= 0.3 is 0 Å². The second kappa shape index (κ2) is 9.49. The molecule has 0 unspecified atom stereocenters. The van der Waals surface area contributed by atoms with Crippen molar-refractivity contribution in [3.8, 4) is 5.75 Å². The first kappa shape index (κ1) is 18.5. The zero-order chi connectivity index (χ0) is 18.1. The molecule has 0 saturated heterocycles. The van der Waals surface area contributed by atoms with Crippen molar-refractivity contribution in [3.63, 3.8) is 0 Å². The lowest BCUT2D eigenvalue weighted by molar-refractivity contribution is -0.128. The molecule has 2 aromatic rings. The van der Waals surface area contributed by atoms with Gasteiger partial charge in [-0.3, -0.25) is 20.4 Å². The van der Waals surface area contributed by atoms with Crippen molar-refractivity contribution in [1.82, 2.24) is 10.9 Å². The van der Waals surface area contributed by atoms with Gasteiger partial charge in [0, 0.05) is 11.1 Å². The van der Waals surface area contributed by atoms with Crippen LogP contribution in [0.2, 0.25) is 5.02 Å². The Morgan fingerprint density at radius 1 is 1.08 bits per heavy atom. The molecule has 130 valence electrons. The molecule has 2 rings (SSSR count). The number of ether oxygens (including phenoxy) is 1. The Labute approximate surface area is 151 Å². The molecule has 25 heavy (non-hydrogen) atoms. The second-order valence-corrected chi connectivity index (χ2v) is 5.59. The molecule has 0 radical (unpaired) electrons. The molecule has 0 heterocycles. The molecule has 2 N–H and O–H groups in total. The molecule has 0 saturated carbocycles. The smallest absolute Gasteiger partial charge is 0.276 e. The van der Waals surface area contributed by atoms with Crippen LogP contribution in [0.1, 0.15) is 18.1 Å². The van der Waals surface area contributed by atoms with Crippen LogP contribution in [0.3, 0.4) is 0 Å². The first-order chi connectivity index (χ1) is 12.1. The third kappa shape index (κ3) is 6.31. The summed E-state index contributed by atoms with van der Waals surface area (Å²) in [6.45, 7) is 1.87. The Bertz CT molecular complexity index is 758. The van der Waals surface area contributed by atoms with Crippen LogP contribution in [0.15, 0.2) is 54.6 Å².